The van der Waals surface area contributed by atoms with E-state index in [-0.39, 0.29) is 5.91 Å². The van der Waals surface area contributed by atoms with E-state index in [0.29, 0.717) is 12.5 Å². The van der Waals surface area contributed by atoms with Crippen LogP contribution in [0.15, 0.2) is 24.3 Å². The summed E-state index contributed by atoms with van der Waals surface area (Å²) in [6.07, 6.45) is 2.12. The summed E-state index contributed by atoms with van der Waals surface area (Å²) in [5.41, 5.74) is 1.21. The number of methoxy groups -OCH3 is 1. The van der Waals surface area contributed by atoms with Crippen molar-refractivity contribution in [1.82, 2.24) is 10.6 Å². The zero-order chi connectivity index (χ0) is 12.8. The first-order chi connectivity index (χ1) is 8.79. The lowest BCUT2D eigenvalue weighted by molar-refractivity contribution is -0.122. The van der Waals surface area contributed by atoms with E-state index in [2.05, 4.69) is 10.6 Å². The van der Waals surface area contributed by atoms with Gasteiger partial charge < -0.3 is 15.4 Å². The number of benzene rings is 1. The molecule has 0 saturated heterocycles. The molecule has 0 atom stereocenters. The van der Waals surface area contributed by atoms with Gasteiger partial charge in [-0.1, -0.05) is 12.1 Å². The van der Waals surface area contributed by atoms with E-state index in [1.54, 1.807) is 7.11 Å². The van der Waals surface area contributed by atoms with Crippen LogP contribution in [0.1, 0.15) is 18.4 Å². The molecule has 1 fully saturated rings. The minimum atomic E-state index is 0.209. The Hall–Kier alpha value is -1.55. The number of hydrogen-bond donors (Lipinski definition) is 2. The topological polar surface area (TPSA) is 50.4 Å². The second-order valence-electron chi connectivity index (χ2n) is 4.59. The lowest BCUT2D eigenvalue weighted by atomic mass is 10.2. The predicted octanol–water partition coefficient (Wildman–Crippen LogP) is 1.31. The van der Waals surface area contributed by atoms with Gasteiger partial charge in [0.15, 0.2) is 0 Å². The molecule has 1 saturated carbocycles. The fraction of sp³-hybridized carbons (Fsp3) is 0.500. The third-order valence-corrected chi connectivity index (χ3v) is 3.04. The van der Waals surface area contributed by atoms with E-state index in [1.165, 1.54) is 5.56 Å². The van der Waals surface area contributed by atoms with Crippen molar-refractivity contribution in [2.75, 3.05) is 20.2 Å². The highest BCUT2D eigenvalue weighted by atomic mass is 16.5. The van der Waals surface area contributed by atoms with E-state index >= 15 is 0 Å². The van der Waals surface area contributed by atoms with Gasteiger partial charge in [0.25, 0.3) is 0 Å². The van der Waals surface area contributed by atoms with Crippen LogP contribution in [0.5, 0.6) is 5.75 Å². The monoisotopic (exact) mass is 248 g/mol. The Morgan fingerprint density at radius 2 is 2.00 bits per heavy atom. The van der Waals surface area contributed by atoms with Gasteiger partial charge in [-0.3, -0.25) is 4.79 Å². The molecule has 1 aromatic carbocycles. The summed E-state index contributed by atoms with van der Waals surface area (Å²) < 4.78 is 5.10. The number of rotatable bonds is 7. The zero-order valence-electron chi connectivity index (χ0n) is 10.7. The van der Waals surface area contributed by atoms with Gasteiger partial charge in [-0.05, 0) is 30.5 Å². The number of nitrogens with one attached hydrogen (secondary N) is 2. The molecule has 0 radical (unpaired) electrons. The fourth-order valence-corrected chi connectivity index (χ4v) is 1.74. The molecule has 18 heavy (non-hydrogen) atoms. The summed E-state index contributed by atoms with van der Waals surface area (Å²) in [5, 5.41) is 6.23. The molecule has 0 aromatic heterocycles. The predicted molar refractivity (Wildman–Crippen MR) is 70.4 cm³/mol. The van der Waals surface area contributed by atoms with Crippen molar-refractivity contribution in [1.29, 1.82) is 0 Å². The summed E-state index contributed by atoms with van der Waals surface area (Å²) in [5.74, 6) is 1.38. The van der Waals surface area contributed by atoms with Crippen LogP contribution in [0.4, 0.5) is 0 Å². The summed E-state index contributed by atoms with van der Waals surface area (Å²) in [6.45, 7) is 2.30. The molecule has 2 N–H and O–H groups in total. The van der Waals surface area contributed by atoms with Crippen LogP contribution in [0.25, 0.3) is 0 Å². The Kier molecular flexibility index (Phi) is 4.59. The average molecular weight is 248 g/mol. The van der Waals surface area contributed by atoms with Gasteiger partial charge in [-0.2, -0.15) is 0 Å². The summed E-state index contributed by atoms with van der Waals surface area (Å²) in [7, 11) is 1.66. The second-order valence-corrected chi connectivity index (χ2v) is 4.59. The Labute approximate surface area is 108 Å². The first kappa shape index (κ1) is 12.9. The molecule has 0 bridgehead atoms. The van der Waals surface area contributed by atoms with E-state index in [9.17, 15) is 4.79 Å². The van der Waals surface area contributed by atoms with Crippen LogP contribution in [0, 0.1) is 5.92 Å². The van der Waals surface area contributed by atoms with E-state index in [1.807, 2.05) is 24.3 Å². The van der Waals surface area contributed by atoms with E-state index < -0.39 is 0 Å². The van der Waals surface area contributed by atoms with Crippen LogP contribution in [0.2, 0.25) is 0 Å². The summed E-state index contributed by atoms with van der Waals surface area (Å²) >= 11 is 0. The molecule has 4 nitrogen and oxygen atoms in total. The third-order valence-electron chi connectivity index (χ3n) is 3.04. The van der Waals surface area contributed by atoms with Crippen LogP contribution in [-0.4, -0.2) is 26.1 Å². The van der Waals surface area contributed by atoms with E-state index in [4.69, 9.17) is 4.74 Å². The molecule has 4 heteroatoms. The first-order valence-corrected chi connectivity index (χ1v) is 6.41. The molecule has 1 amide bonds. The molecule has 0 heterocycles. The number of carbonyl (C=O) groups is 1. The van der Waals surface area contributed by atoms with Crippen molar-refractivity contribution in [3.8, 4) is 5.75 Å². The molecular formula is C14H20N2O2. The highest BCUT2D eigenvalue weighted by molar-refractivity contribution is 5.80. The van der Waals surface area contributed by atoms with Gasteiger partial charge in [-0.25, -0.2) is 0 Å². The smallest absolute Gasteiger partial charge is 0.223 e. The van der Waals surface area contributed by atoms with Crippen LogP contribution in [-0.2, 0) is 11.3 Å². The van der Waals surface area contributed by atoms with Crippen molar-refractivity contribution in [2.45, 2.75) is 19.4 Å². The SMILES string of the molecule is COc1ccc(CNCCNC(=O)C2CC2)cc1. The van der Waals surface area contributed by atoms with Crippen LogP contribution >= 0.6 is 0 Å². The van der Waals surface area contributed by atoms with Crippen molar-refractivity contribution < 1.29 is 9.53 Å². The lowest BCUT2D eigenvalue weighted by Gasteiger charge is -2.07. The van der Waals surface area contributed by atoms with Crippen molar-refractivity contribution in [3.63, 3.8) is 0 Å². The van der Waals surface area contributed by atoms with Crippen LogP contribution < -0.4 is 15.4 Å². The molecule has 0 unspecified atom stereocenters. The Bertz CT molecular complexity index is 385. The normalized spacial score (nSPS) is 14.3. The Morgan fingerprint density at radius 1 is 1.28 bits per heavy atom. The molecule has 1 aliphatic carbocycles. The highest BCUT2D eigenvalue weighted by Gasteiger charge is 2.28. The molecule has 2 rings (SSSR count). The maximum absolute atomic E-state index is 11.4. The average Bonchev–Trinajstić information content (AvgIpc) is 3.23. The summed E-state index contributed by atoms with van der Waals surface area (Å²) in [6, 6.07) is 7.97. The number of hydrogen-bond acceptors (Lipinski definition) is 3. The Balaban J connectivity index is 1.57. The van der Waals surface area contributed by atoms with Crippen molar-refractivity contribution in [2.24, 2.45) is 5.92 Å². The third kappa shape index (κ3) is 4.04. The van der Waals surface area contributed by atoms with Gasteiger partial charge in [0.05, 0.1) is 7.11 Å². The van der Waals surface area contributed by atoms with Crippen molar-refractivity contribution in [3.05, 3.63) is 29.8 Å². The Morgan fingerprint density at radius 3 is 2.61 bits per heavy atom. The standard InChI is InChI=1S/C14H20N2O2/c1-18-13-6-2-11(3-7-13)10-15-8-9-16-14(17)12-4-5-12/h2-3,6-7,12,15H,4-5,8-10H2,1H3,(H,16,17). The molecule has 1 aliphatic rings. The molecule has 98 valence electrons. The molecule has 1 aromatic rings. The van der Waals surface area contributed by atoms with Gasteiger partial charge in [0.1, 0.15) is 5.75 Å². The lowest BCUT2D eigenvalue weighted by Crippen LogP contribution is -2.32. The zero-order valence-corrected chi connectivity index (χ0v) is 10.7. The highest BCUT2D eigenvalue weighted by Crippen LogP contribution is 2.28. The first-order valence-electron chi connectivity index (χ1n) is 6.41. The quantitative estimate of drug-likeness (QED) is 0.715. The molecule has 0 spiro atoms. The maximum atomic E-state index is 11.4. The van der Waals surface area contributed by atoms with Gasteiger partial charge in [0.2, 0.25) is 5.91 Å². The largest absolute Gasteiger partial charge is 0.497 e. The second kappa shape index (κ2) is 6.40. The summed E-state index contributed by atoms with van der Waals surface area (Å²) in [4.78, 5) is 11.4. The number of ether oxygens (including phenoxy) is 1. The maximum Gasteiger partial charge on any atom is 0.223 e. The van der Waals surface area contributed by atoms with Gasteiger partial charge >= 0.3 is 0 Å². The van der Waals surface area contributed by atoms with E-state index in [0.717, 1.165) is 31.7 Å². The fourth-order valence-electron chi connectivity index (χ4n) is 1.74. The van der Waals surface area contributed by atoms with Gasteiger partial charge in [0, 0.05) is 25.6 Å². The number of carbonyl (C=O) groups excluding carboxylic acids is 1. The minimum Gasteiger partial charge on any atom is -0.497 e. The molecular weight excluding hydrogens is 228 g/mol. The number of amides is 1. The van der Waals surface area contributed by atoms with Gasteiger partial charge in [-0.15, -0.1) is 0 Å². The molecule has 0 aliphatic heterocycles. The van der Waals surface area contributed by atoms with Crippen molar-refractivity contribution >= 4 is 5.91 Å². The van der Waals surface area contributed by atoms with Crippen LogP contribution in [0.3, 0.4) is 0 Å². The minimum absolute atomic E-state index is 0.209.